The quantitative estimate of drug-likeness (QED) is 0.759. The number of nitriles is 1. The molecule has 2 aliphatic rings. The molecule has 1 saturated heterocycles. The van der Waals surface area contributed by atoms with Crippen molar-refractivity contribution in [1.29, 1.82) is 5.26 Å². The zero-order valence-electron chi connectivity index (χ0n) is 14.6. The highest BCUT2D eigenvalue weighted by Gasteiger charge is 2.40. The largest absolute Gasteiger partial charge is 0.444 e. The summed E-state index contributed by atoms with van der Waals surface area (Å²) in [5.41, 5.74) is 1.98. The fourth-order valence-corrected chi connectivity index (χ4v) is 3.38. The van der Waals surface area contributed by atoms with Crippen molar-refractivity contribution in [2.45, 2.75) is 44.9 Å². The lowest BCUT2D eigenvalue weighted by Crippen LogP contribution is -2.57. The van der Waals surface area contributed by atoms with Crippen LogP contribution >= 0.6 is 11.6 Å². The lowest BCUT2D eigenvalue weighted by molar-refractivity contribution is -0.0510. The summed E-state index contributed by atoms with van der Waals surface area (Å²) in [6.45, 7) is 6.50. The summed E-state index contributed by atoms with van der Waals surface area (Å²) in [5.74, 6) is 0. The zero-order valence-corrected chi connectivity index (χ0v) is 15.3. The lowest BCUT2D eigenvalue weighted by atomic mass is 9.89. The van der Waals surface area contributed by atoms with E-state index in [9.17, 15) is 10.1 Å². The number of hydrogen-bond acceptors (Lipinski definition) is 4. The van der Waals surface area contributed by atoms with Crippen LogP contribution in [0.1, 0.15) is 38.3 Å². The third-order valence-corrected chi connectivity index (χ3v) is 4.59. The number of amides is 1. The molecule has 2 atom stereocenters. The monoisotopic (exact) mass is 360 g/mol. The normalized spacial score (nSPS) is 22.8. The Morgan fingerprint density at radius 3 is 2.80 bits per heavy atom. The van der Waals surface area contributed by atoms with Crippen LogP contribution in [0.3, 0.4) is 0 Å². The Hall–Kier alpha value is -2.03. The molecule has 3 rings (SSSR count). The highest BCUT2D eigenvalue weighted by molar-refractivity contribution is 6.31. The first-order valence-corrected chi connectivity index (χ1v) is 8.66. The molecule has 5 nitrogen and oxygen atoms in total. The molecule has 0 aliphatic carbocycles. The fourth-order valence-electron chi connectivity index (χ4n) is 3.22. The van der Waals surface area contributed by atoms with Gasteiger partial charge in [-0.1, -0.05) is 23.7 Å². The number of rotatable bonds is 1. The van der Waals surface area contributed by atoms with E-state index in [0.29, 0.717) is 30.2 Å². The molecular weight excluding hydrogens is 340 g/mol. The van der Waals surface area contributed by atoms with Crippen molar-refractivity contribution in [2.75, 3.05) is 13.2 Å². The third-order valence-electron chi connectivity index (χ3n) is 4.26. The Balaban J connectivity index is 1.89. The Bertz CT molecular complexity index is 761. The van der Waals surface area contributed by atoms with E-state index >= 15 is 0 Å². The van der Waals surface area contributed by atoms with Gasteiger partial charge in [-0.2, -0.15) is 5.26 Å². The van der Waals surface area contributed by atoms with Crippen LogP contribution in [0.2, 0.25) is 5.02 Å². The van der Waals surface area contributed by atoms with Crippen molar-refractivity contribution in [3.05, 3.63) is 40.4 Å². The summed E-state index contributed by atoms with van der Waals surface area (Å²) >= 11 is 6.03. The summed E-state index contributed by atoms with van der Waals surface area (Å²) in [4.78, 5) is 14.4. The molecule has 0 spiro atoms. The maximum Gasteiger partial charge on any atom is 0.411 e. The first-order valence-electron chi connectivity index (χ1n) is 8.28. The number of carbonyl (C=O) groups excluding carboxylic acids is 1. The molecule has 1 amide bonds. The molecule has 0 radical (unpaired) electrons. The van der Waals surface area contributed by atoms with E-state index in [1.54, 1.807) is 17.0 Å². The van der Waals surface area contributed by atoms with E-state index in [-0.39, 0.29) is 18.2 Å². The molecule has 1 fully saturated rings. The van der Waals surface area contributed by atoms with Gasteiger partial charge in [-0.25, -0.2) is 4.79 Å². The summed E-state index contributed by atoms with van der Waals surface area (Å²) < 4.78 is 11.2. The van der Waals surface area contributed by atoms with E-state index in [1.807, 2.05) is 32.9 Å². The van der Waals surface area contributed by atoms with Gasteiger partial charge in [0, 0.05) is 0 Å². The summed E-state index contributed by atoms with van der Waals surface area (Å²) in [5, 5.41) is 9.63. The van der Waals surface area contributed by atoms with Gasteiger partial charge < -0.3 is 9.47 Å². The first-order chi connectivity index (χ1) is 11.8. The highest BCUT2D eigenvalue weighted by atomic mass is 35.5. The molecule has 1 aromatic carbocycles. The Labute approximate surface area is 152 Å². The van der Waals surface area contributed by atoms with Crippen LogP contribution in [0, 0.1) is 11.3 Å². The molecule has 1 aromatic rings. The van der Waals surface area contributed by atoms with Gasteiger partial charge in [0.2, 0.25) is 0 Å². The predicted molar refractivity (Wildman–Crippen MR) is 95.2 cm³/mol. The Morgan fingerprint density at radius 2 is 2.16 bits per heavy atom. The summed E-state index contributed by atoms with van der Waals surface area (Å²) in [6, 6.07) is 7.32. The smallest absolute Gasteiger partial charge is 0.411 e. The van der Waals surface area contributed by atoms with Gasteiger partial charge in [-0.05, 0) is 50.5 Å². The number of halogens is 1. The number of ether oxygens (including phenoxy) is 2. The van der Waals surface area contributed by atoms with E-state index in [0.717, 1.165) is 11.1 Å². The molecule has 2 heterocycles. The average Bonchev–Trinajstić information content (AvgIpc) is 2.52. The van der Waals surface area contributed by atoms with Gasteiger partial charge in [0.05, 0.1) is 35.9 Å². The minimum absolute atomic E-state index is 0.0742. The molecule has 2 aliphatic heterocycles. The fraction of sp³-hybridized carbons (Fsp3) is 0.474. The maximum atomic E-state index is 12.6. The summed E-state index contributed by atoms with van der Waals surface area (Å²) in [6.07, 6.45) is 2.38. The number of fused-ring (bicyclic) bond motifs is 2. The van der Waals surface area contributed by atoms with Crippen molar-refractivity contribution in [3.8, 4) is 6.07 Å². The van der Waals surface area contributed by atoms with Gasteiger partial charge in [0.1, 0.15) is 11.7 Å². The second kappa shape index (κ2) is 6.70. The summed E-state index contributed by atoms with van der Waals surface area (Å²) in [7, 11) is 0. The van der Waals surface area contributed by atoms with E-state index < -0.39 is 5.60 Å². The van der Waals surface area contributed by atoms with E-state index in [2.05, 4.69) is 6.07 Å². The van der Waals surface area contributed by atoms with Crippen LogP contribution in [-0.2, 0) is 9.47 Å². The maximum absolute atomic E-state index is 12.6. The van der Waals surface area contributed by atoms with Gasteiger partial charge in [-0.15, -0.1) is 0 Å². The highest BCUT2D eigenvalue weighted by Crippen LogP contribution is 2.34. The van der Waals surface area contributed by atoms with Crippen LogP contribution in [0.4, 0.5) is 4.79 Å². The van der Waals surface area contributed by atoms with E-state index in [1.165, 1.54) is 0 Å². The number of carbonyl (C=O) groups is 1. The molecule has 0 N–H and O–H groups in total. The van der Waals surface area contributed by atoms with Crippen molar-refractivity contribution in [2.24, 2.45) is 0 Å². The van der Waals surface area contributed by atoms with Crippen molar-refractivity contribution in [3.63, 3.8) is 0 Å². The molecule has 0 aromatic heterocycles. The molecular formula is C19H21ClN2O3. The lowest BCUT2D eigenvalue weighted by Gasteiger charge is -2.44. The second-order valence-corrected chi connectivity index (χ2v) is 7.76. The SMILES string of the molecule is CC(C)(C)OC(=O)N1C2C=C(c3ccc(Cl)c(C#N)c3)CC1COC2. The zero-order chi connectivity index (χ0) is 18.2. The molecule has 25 heavy (non-hydrogen) atoms. The van der Waals surface area contributed by atoms with Crippen LogP contribution in [-0.4, -0.2) is 41.9 Å². The molecule has 6 heteroatoms. The van der Waals surface area contributed by atoms with Crippen molar-refractivity contribution in [1.82, 2.24) is 4.90 Å². The minimum Gasteiger partial charge on any atom is -0.444 e. The van der Waals surface area contributed by atoms with Crippen LogP contribution in [0.5, 0.6) is 0 Å². The van der Waals surface area contributed by atoms with Gasteiger partial charge in [0.15, 0.2) is 0 Å². The number of hydrogen-bond donors (Lipinski definition) is 0. The van der Waals surface area contributed by atoms with Crippen molar-refractivity contribution >= 4 is 23.3 Å². The number of morpholine rings is 1. The molecule has 0 saturated carbocycles. The van der Waals surface area contributed by atoms with Crippen LogP contribution in [0.25, 0.3) is 5.57 Å². The van der Waals surface area contributed by atoms with Gasteiger partial charge in [0.25, 0.3) is 0 Å². The molecule has 132 valence electrons. The first kappa shape index (κ1) is 17.8. The third kappa shape index (κ3) is 3.81. The second-order valence-electron chi connectivity index (χ2n) is 7.35. The Kier molecular flexibility index (Phi) is 4.77. The molecule has 2 unspecified atom stereocenters. The van der Waals surface area contributed by atoms with Gasteiger partial charge in [-0.3, -0.25) is 4.90 Å². The number of nitrogens with zero attached hydrogens (tertiary/aromatic N) is 2. The Morgan fingerprint density at radius 1 is 1.40 bits per heavy atom. The van der Waals surface area contributed by atoms with Crippen molar-refractivity contribution < 1.29 is 14.3 Å². The van der Waals surface area contributed by atoms with Gasteiger partial charge >= 0.3 is 6.09 Å². The standard InChI is InChI=1S/C19H21ClN2O3/c1-19(2,3)25-18(23)22-15-7-13(8-16(22)11-24-10-15)12-4-5-17(20)14(6-12)9-21/h4-7,15-16H,8,10-11H2,1-3H3. The van der Waals surface area contributed by atoms with E-state index in [4.69, 9.17) is 21.1 Å². The van der Waals surface area contributed by atoms with Crippen LogP contribution in [0.15, 0.2) is 24.3 Å². The topological polar surface area (TPSA) is 62.6 Å². The predicted octanol–water partition coefficient (Wildman–Crippen LogP) is 4.00. The minimum atomic E-state index is -0.534. The molecule has 2 bridgehead atoms. The average molecular weight is 361 g/mol. The van der Waals surface area contributed by atoms with Crippen LogP contribution < -0.4 is 0 Å². The number of benzene rings is 1.